The van der Waals surface area contributed by atoms with E-state index in [0.717, 1.165) is 37.0 Å². The number of nitrogens with one attached hydrogen (secondary N) is 2. The third-order valence-corrected chi connectivity index (χ3v) is 4.51. The van der Waals surface area contributed by atoms with Gasteiger partial charge in [0.15, 0.2) is 0 Å². The Labute approximate surface area is 147 Å². The first-order valence-electron chi connectivity index (χ1n) is 8.83. The SMILES string of the molecule is CC(C)c1cnc(-c2ccc(NC(=O)NC3CCC(O)CC3)cc2)o1. The molecule has 2 amide bonds. The molecule has 1 aromatic heterocycles. The van der Waals surface area contributed by atoms with Gasteiger partial charge in [0.1, 0.15) is 5.76 Å². The van der Waals surface area contributed by atoms with E-state index in [0.29, 0.717) is 17.5 Å². The minimum atomic E-state index is -0.222. The van der Waals surface area contributed by atoms with Gasteiger partial charge in [-0.05, 0) is 49.9 Å². The van der Waals surface area contributed by atoms with Gasteiger partial charge in [-0.2, -0.15) is 0 Å². The highest BCUT2D eigenvalue weighted by atomic mass is 16.4. The van der Waals surface area contributed by atoms with E-state index >= 15 is 0 Å². The second-order valence-corrected chi connectivity index (χ2v) is 6.90. The topological polar surface area (TPSA) is 87.4 Å². The molecule has 0 spiro atoms. The van der Waals surface area contributed by atoms with Gasteiger partial charge in [0.25, 0.3) is 0 Å². The number of rotatable bonds is 4. The summed E-state index contributed by atoms with van der Waals surface area (Å²) < 4.78 is 5.73. The lowest BCUT2D eigenvalue weighted by Crippen LogP contribution is -2.40. The van der Waals surface area contributed by atoms with Crippen LogP contribution in [0.2, 0.25) is 0 Å². The summed E-state index contributed by atoms with van der Waals surface area (Å²) in [5, 5.41) is 15.3. The summed E-state index contributed by atoms with van der Waals surface area (Å²) in [4.78, 5) is 16.4. The number of anilines is 1. The predicted octanol–water partition coefficient (Wildman–Crippen LogP) is 3.89. The number of aromatic nitrogens is 1. The Kier molecular flexibility index (Phi) is 5.38. The zero-order chi connectivity index (χ0) is 17.8. The Balaban J connectivity index is 1.55. The second kappa shape index (κ2) is 7.70. The summed E-state index contributed by atoms with van der Waals surface area (Å²) >= 11 is 0. The van der Waals surface area contributed by atoms with Gasteiger partial charge in [0, 0.05) is 23.2 Å². The molecular formula is C19H25N3O3. The quantitative estimate of drug-likeness (QED) is 0.786. The van der Waals surface area contributed by atoms with E-state index in [-0.39, 0.29) is 18.2 Å². The molecule has 2 aromatic rings. The number of aliphatic hydroxyl groups is 1. The maximum absolute atomic E-state index is 12.1. The van der Waals surface area contributed by atoms with Crippen molar-refractivity contribution in [1.82, 2.24) is 10.3 Å². The van der Waals surface area contributed by atoms with Crippen LogP contribution in [0, 0.1) is 0 Å². The molecule has 1 aliphatic carbocycles. The molecule has 6 heteroatoms. The monoisotopic (exact) mass is 343 g/mol. The molecule has 134 valence electrons. The third-order valence-electron chi connectivity index (χ3n) is 4.51. The summed E-state index contributed by atoms with van der Waals surface area (Å²) in [6.07, 6.45) is 4.65. The minimum absolute atomic E-state index is 0.129. The number of oxazole rings is 1. The van der Waals surface area contributed by atoms with Crippen molar-refractivity contribution in [2.75, 3.05) is 5.32 Å². The van der Waals surface area contributed by atoms with Crippen molar-refractivity contribution in [2.24, 2.45) is 0 Å². The summed E-state index contributed by atoms with van der Waals surface area (Å²) in [5.74, 6) is 1.74. The van der Waals surface area contributed by atoms with E-state index in [1.54, 1.807) is 6.20 Å². The number of urea groups is 1. The number of carbonyl (C=O) groups excluding carboxylic acids is 1. The smallest absolute Gasteiger partial charge is 0.319 e. The molecule has 1 saturated carbocycles. The summed E-state index contributed by atoms with van der Waals surface area (Å²) in [7, 11) is 0. The van der Waals surface area contributed by atoms with E-state index < -0.39 is 0 Å². The number of benzene rings is 1. The molecule has 0 bridgehead atoms. The molecule has 3 rings (SSSR count). The van der Waals surface area contributed by atoms with Crippen LogP contribution in [0.3, 0.4) is 0 Å². The number of nitrogens with zero attached hydrogens (tertiary/aromatic N) is 1. The number of aliphatic hydroxyl groups excluding tert-OH is 1. The van der Waals surface area contributed by atoms with Gasteiger partial charge in [-0.15, -0.1) is 0 Å². The van der Waals surface area contributed by atoms with Crippen LogP contribution in [0.25, 0.3) is 11.5 Å². The van der Waals surface area contributed by atoms with Gasteiger partial charge >= 0.3 is 6.03 Å². The lowest BCUT2D eigenvalue weighted by Gasteiger charge is -2.26. The molecule has 0 radical (unpaired) electrons. The summed E-state index contributed by atoms with van der Waals surface area (Å²) in [6, 6.07) is 7.33. The largest absolute Gasteiger partial charge is 0.441 e. The highest BCUT2D eigenvalue weighted by Crippen LogP contribution is 2.24. The van der Waals surface area contributed by atoms with Crippen LogP contribution in [0.15, 0.2) is 34.9 Å². The van der Waals surface area contributed by atoms with Crippen molar-refractivity contribution in [3.8, 4) is 11.5 Å². The van der Waals surface area contributed by atoms with Crippen molar-refractivity contribution >= 4 is 11.7 Å². The van der Waals surface area contributed by atoms with Crippen molar-refractivity contribution in [2.45, 2.75) is 57.6 Å². The average molecular weight is 343 g/mol. The standard InChI is InChI=1S/C19H25N3O3/c1-12(2)17-11-20-18(25-17)13-3-5-14(6-4-13)21-19(24)22-15-7-9-16(23)10-8-15/h3-6,11-12,15-16,23H,7-10H2,1-2H3,(H2,21,22,24). The molecule has 1 fully saturated rings. The van der Waals surface area contributed by atoms with E-state index in [1.165, 1.54) is 0 Å². The zero-order valence-electron chi connectivity index (χ0n) is 14.7. The van der Waals surface area contributed by atoms with E-state index in [9.17, 15) is 9.90 Å². The van der Waals surface area contributed by atoms with E-state index in [2.05, 4.69) is 29.5 Å². The minimum Gasteiger partial charge on any atom is -0.441 e. The molecule has 1 aromatic carbocycles. The Morgan fingerprint density at radius 2 is 1.88 bits per heavy atom. The fraction of sp³-hybridized carbons (Fsp3) is 0.474. The molecule has 6 nitrogen and oxygen atoms in total. The first-order valence-corrected chi connectivity index (χ1v) is 8.83. The molecule has 1 aliphatic rings. The van der Waals surface area contributed by atoms with Gasteiger partial charge in [0.2, 0.25) is 5.89 Å². The van der Waals surface area contributed by atoms with E-state index in [4.69, 9.17) is 4.42 Å². The molecule has 0 atom stereocenters. The number of hydrogen-bond donors (Lipinski definition) is 3. The van der Waals surface area contributed by atoms with Crippen LogP contribution in [-0.4, -0.2) is 28.3 Å². The Morgan fingerprint density at radius 3 is 2.48 bits per heavy atom. The maximum Gasteiger partial charge on any atom is 0.319 e. The average Bonchev–Trinajstić information content (AvgIpc) is 3.08. The molecule has 0 aliphatic heterocycles. The van der Waals surface area contributed by atoms with Crippen LogP contribution in [0.1, 0.15) is 51.2 Å². The highest BCUT2D eigenvalue weighted by molar-refractivity contribution is 5.89. The van der Waals surface area contributed by atoms with Crippen molar-refractivity contribution in [1.29, 1.82) is 0 Å². The second-order valence-electron chi connectivity index (χ2n) is 6.90. The van der Waals surface area contributed by atoms with Crippen molar-refractivity contribution < 1.29 is 14.3 Å². The molecule has 1 heterocycles. The maximum atomic E-state index is 12.1. The number of hydrogen-bond acceptors (Lipinski definition) is 4. The van der Waals surface area contributed by atoms with Crippen molar-refractivity contribution in [3.05, 3.63) is 36.2 Å². The lowest BCUT2D eigenvalue weighted by atomic mass is 9.93. The normalized spacial score (nSPS) is 20.5. The van der Waals surface area contributed by atoms with Crippen LogP contribution in [-0.2, 0) is 0 Å². The zero-order valence-corrected chi connectivity index (χ0v) is 14.7. The molecule has 0 unspecified atom stereocenters. The van der Waals surface area contributed by atoms with Crippen molar-refractivity contribution in [3.63, 3.8) is 0 Å². The van der Waals surface area contributed by atoms with Gasteiger partial charge in [0.05, 0.1) is 12.3 Å². The van der Waals surface area contributed by atoms with Gasteiger partial charge in [-0.1, -0.05) is 13.8 Å². The first-order chi connectivity index (χ1) is 12.0. The van der Waals surface area contributed by atoms with Gasteiger partial charge in [-0.25, -0.2) is 9.78 Å². The summed E-state index contributed by atoms with van der Waals surface area (Å²) in [6.45, 7) is 4.12. The lowest BCUT2D eigenvalue weighted by molar-refractivity contribution is 0.118. The van der Waals surface area contributed by atoms with E-state index in [1.807, 2.05) is 24.3 Å². The molecule has 25 heavy (non-hydrogen) atoms. The summed E-state index contributed by atoms with van der Waals surface area (Å²) in [5.41, 5.74) is 1.59. The van der Waals surface area contributed by atoms with Gasteiger partial charge < -0.3 is 20.2 Å². The van der Waals surface area contributed by atoms with Crippen LogP contribution < -0.4 is 10.6 Å². The number of carbonyl (C=O) groups is 1. The Hall–Kier alpha value is -2.34. The predicted molar refractivity (Wildman–Crippen MR) is 96.4 cm³/mol. The van der Waals surface area contributed by atoms with Crippen LogP contribution >= 0.6 is 0 Å². The third kappa shape index (κ3) is 4.60. The fourth-order valence-electron chi connectivity index (χ4n) is 2.96. The molecule has 3 N–H and O–H groups in total. The fourth-order valence-corrected chi connectivity index (χ4v) is 2.96. The molecular weight excluding hydrogens is 318 g/mol. The highest BCUT2D eigenvalue weighted by Gasteiger charge is 2.20. The first kappa shape index (κ1) is 17.5. The Bertz CT molecular complexity index is 701. The van der Waals surface area contributed by atoms with Crippen LogP contribution in [0.4, 0.5) is 10.5 Å². The number of amides is 2. The van der Waals surface area contributed by atoms with Crippen LogP contribution in [0.5, 0.6) is 0 Å². The Morgan fingerprint density at radius 1 is 1.20 bits per heavy atom. The van der Waals surface area contributed by atoms with Gasteiger partial charge in [-0.3, -0.25) is 0 Å². The molecule has 0 saturated heterocycles.